The highest BCUT2D eigenvalue weighted by atomic mass is 16.5. The Morgan fingerprint density at radius 1 is 1.41 bits per heavy atom. The van der Waals surface area contributed by atoms with Gasteiger partial charge in [-0.1, -0.05) is 13.2 Å². The van der Waals surface area contributed by atoms with Gasteiger partial charge in [0.2, 0.25) is 0 Å². The quantitative estimate of drug-likeness (QED) is 0.445. The fourth-order valence-electron chi connectivity index (χ4n) is 1.24. The molecule has 0 aliphatic carbocycles. The molecule has 1 aromatic rings. The average Bonchev–Trinajstić information content (AvgIpc) is 2.34. The third-order valence-electron chi connectivity index (χ3n) is 2.23. The van der Waals surface area contributed by atoms with Gasteiger partial charge < -0.3 is 10.1 Å². The molecule has 0 atom stereocenters. The number of rotatable bonds is 7. The molecule has 0 fully saturated rings. The molecule has 0 heterocycles. The van der Waals surface area contributed by atoms with Crippen LogP contribution in [0.1, 0.15) is 17.3 Å². The predicted octanol–water partition coefficient (Wildman–Crippen LogP) is 2.56. The smallest absolute Gasteiger partial charge is 0.159 e. The summed E-state index contributed by atoms with van der Waals surface area (Å²) in [6.07, 6.45) is 1.65. The first kappa shape index (κ1) is 13.0. The van der Waals surface area contributed by atoms with E-state index in [2.05, 4.69) is 18.5 Å². The van der Waals surface area contributed by atoms with Crippen LogP contribution in [0, 0.1) is 0 Å². The molecular formula is C14H17NO2. The Labute approximate surface area is 102 Å². The lowest BCUT2D eigenvalue weighted by molar-refractivity contribution is 0.101. The summed E-state index contributed by atoms with van der Waals surface area (Å²) in [5.74, 6) is 0.807. The van der Waals surface area contributed by atoms with Crippen molar-refractivity contribution in [2.75, 3.05) is 13.2 Å². The second-order valence-electron chi connectivity index (χ2n) is 3.59. The topological polar surface area (TPSA) is 38.3 Å². The summed E-state index contributed by atoms with van der Waals surface area (Å²) < 4.78 is 5.49. The molecule has 3 nitrogen and oxygen atoms in total. The van der Waals surface area contributed by atoms with E-state index in [4.69, 9.17) is 4.74 Å². The number of ketones is 1. The van der Waals surface area contributed by atoms with Crippen molar-refractivity contribution in [2.24, 2.45) is 0 Å². The van der Waals surface area contributed by atoms with Crippen molar-refractivity contribution < 1.29 is 9.53 Å². The SMILES string of the molecule is C=CC(=C)NCCOc1ccc(C(C)=O)cc1. The molecule has 1 rings (SSSR count). The van der Waals surface area contributed by atoms with Crippen LogP contribution < -0.4 is 10.1 Å². The fraction of sp³-hybridized carbons (Fsp3) is 0.214. The molecule has 17 heavy (non-hydrogen) atoms. The molecule has 0 aromatic heterocycles. The molecule has 0 aliphatic heterocycles. The molecule has 0 aliphatic rings. The van der Waals surface area contributed by atoms with E-state index in [1.807, 2.05) is 0 Å². The molecule has 0 spiro atoms. The highest BCUT2D eigenvalue weighted by Crippen LogP contribution is 2.12. The summed E-state index contributed by atoms with van der Waals surface area (Å²) >= 11 is 0. The number of carbonyl (C=O) groups is 1. The van der Waals surface area contributed by atoms with Crippen LogP contribution in [0.4, 0.5) is 0 Å². The lowest BCUT2D eigenvalue weighted by Crippen LogP contribution is -2.18. The van der Waals surface area contributed by atoms with Gasteiger partial charge in [0.25, 0.3) is 0 Å². The number of ether oxygens (including phenoxy) is 1. The Kier molecular flexibility index (Phi) is 5.01. The van der Waals surface area contributed by atoms with Gasteiger partial charge in [-0.25, -0.2) is 0 Å². The number of hydrogen-bond acceptors (Lipinski definition) is 3. The van der Waals surface area contributed by atoms with Crippen molar-refractivity contribution in [1.82, 2.24) is 5.32 Å². The summed E-state index contributed by atoms with van der Waals surface area (Å²) in [5, 5.41) is 3.04. The van der Waals surface area contributed by atoms with Crippen molar-refractivity contribution in [1.29, 1.82) is 0 Å². The zero-order valence-corrected chi connectivity index (χ0v) is 10.0. The van der Waals surface area contributed by atoms with Crippen LogP contribution >= 0.6 is 0 Å². The van der Waals surface area contributed by atoms with Gasteiger partial charge in [-0.15, -0.1) is 0 Å². The van der Waals surface area contributed by atoms with Gasteiger partial charge in [-0.05, 0) is 37.3 Å². The standard InChI is InChI=1S/C14H17NO2/c1-4-11(2)15-9-10-17-14-7-5-13(6-8-14)12(3)16/h4-8,15H,1-2,9-10H2,3H3. The molecule has 0 bridgehead atoms. The number of hydrogen-bond donors (Lipinski definition) is 1. The Morgan fingerprint density at radius 2 is 2.06 bits per heavy atom. The van der Waals surface area contributed by atoms with Gasteiger partial charge in [-0.3, -0.25) is 4.79 Å². The lowest BCUT2D eigenvalue weighted by atomic mass is 10.1. The molecule has 3 heteroatoms. The first-order chi connectivity index (χ1) is 8.13. The molecule has 1 N–H and O–H groups in total. The van der Waals surface area contributed by atoms with E-state index in [9.17, 15) is 4.79 Å². The summed E-state index contributed by atoms with van der Waals surface area (Å²) in [5.41, 5.74) is 1.47. The van der Waals surface area contributed by atoms with Gasteiger partial charge in [0.05, 0.1) is 0 Å². The minimum Gasteiger partial charge on any atom is -0.492 e. The minimum atomic E-state index is 0.0560. The average molecular weight is 231 g/mol. The molecule has 0 unspecified atom stereocenters. The number of nitrogens with one attached hydrogen (secondary N) is 1. The minimum absolute atomic E-state index is 0.0560. The van der Waals surface area contributed by atoms with Crippen LogP contribution in [0.2, 0.25) is 0 Å². The number of allylic oxidation sites excluding steroid dienone is 1. The lowest BCUT2D eigenvalue weighted by Gasteiger charge is -2.08. The normalized spacial score (nSPS) is 9.47. The van der Waals surface area contributed by atoms with E-state index in [1.54, 1.807) is 37.3 Å². The first-order valence-corrected chi connectivity index (χ1v) is 5.42. The Balaban J connectivity index is 2.35. The second-order valence-corrected chi connectivity index (χ2v) is 3.59. The molecule has 0 amide bonds. The van der Waals surface area contributed by atoms with Crippen LogP contribution in [0.15, 0.2) is 49.2 Å². The van der Waals surface area contributed by atoms with E-state index in [1.165, 1.54) is 0 Å². The Hall–Kier alpha value is -2.03. The van der Waals surface area contributed by atoms with E-state index >= 15 is 0 Å². The zero-order chi connectivity index (χ0) is 12.7. The summed E-state index contributed by atoms with van der Waals surface area (Å²) in [7, 11) is 0. The van der Waals surface area contributed by atoms with Gasteiger partial charge in [0.15, 0.2) is 5.78 Å². The molecule has 1 aromatic carbocycles. The number of carbonyl (C=O) groups excluding carboxylic acids is 1. The molecule has 0 saturated carbocycles. The van der Waals surface area contributed by atoms with E-state index in [-0.39, 0.29) is 5.78 Å². The van der Waals surface area contributed by atoms with Crippen LogP contribution in [0.25, 0.3) is 0 Å². The Bertz CT molecular complexity index is 407. The summed E-state index contributed by atoms with van der Waals surface area (Å²) in [6, 6.07) is 7.10. The van der Waals surface area contributed by atoms with Crippen LogP contribution in [0.5, 0.6) is 5.75 Å². The van der Waals surface area contributed by atoms with E-state index < -0.39 is 0 Å². The van der Waals surface area contributed by atoms with Crippen molar-refractivity contribution in [3.63, 3.8) is 0 Å². The highest BCUT2D eigenvalue weighted by molar-refractivity contribution is 5.94. The van der Waals surface area contributed by atoms with Gasteiger partial charge in [-0.2, -0.15) is 0 Å². The zero-order valence-electron chi connectivity index (χ0n) is 10.0. The van der Waals surface area contributed by atoms with E-state index in [0.29, 0.717) is 18.7 Å². The van der Waals surface area contributed by atoms with Crippen molar-refractivity contribution in [2.45, 2.75) is 6.92 Å². The van der Waals surface area contributed by atoms with Crippen LogP contribution in [-0.2, 0) is 0 Å². The predicted molar refractivity (Wildman–Crippen MR) is 69.3 cm³/mol. The maximum atomic E-state index is 11.1. The second kappa shape index (κ2) is 6.53. The van der Waals surface area contributed by atoms with Crippen molar-refractivity contribution >= 4 is 5.78 Å². The van der Waals surface area contributed by atoms with Gasteiger partial charge in [0, 0.05) is 17.8 Å². The highest BCUT2D eigenvalue weighted by Gasteiger charge is 1.99. The molecule has 0 saturated heterocycles. The van der Waals surface area contributed by atoms with Gasteiger partial charge in [0.1, 0.15) is 12.4 Å². The number of benzene rings is 1. The largest absolute Gasteiger partial charge is 0.492 e. The fourth-order valence-corrected chi connectivity index (χ4v) is 1.24. The summed E-state index contributed by atoms with van der Waals surface area (Å²) in [6.45, 7) is 10.1. The number of Topliss-reactive ketones (excluding diaryl/α,β-unsaturated/α-hetero) is 1. The van der Waals surface area contributed by atoms with Crippen molar-refractivity contribution in [3.05, 3.63) is 54.8 Å². The third kappa shape index (κ3) is 4.55. The van der Waals surface area contributed by atoms with Crippen LogP contribution in [-0.4, -0.2) is 18.9 Å². The molecule has 90 valence electrons. The maximum Gasteiger partial charge on any atom is 0.159 e. The monoisotopic (exact) mass is 231 g/mol. The van der Waals surface area contributed by atoms with E-state index in [0.717, 1.165) is 11.4 Å². The summed E-state index contributed by atoms with van der Waals surface area (Å²) in [4.78, 5) is 11.1. The van der Waals surface area contributed by atoms with Gasteiger partial charge >= 0.3 is 0 Å². The first-order valence-electron chi connectivity index (χ1n) is 5.42. The Morgan fingerprint density at radius 3 is 2.59 bits per heavy atom. The maximum absolute atomic E-state index is 11.1. The van der Waals surface area contributed by atoms with Crippen LogP contribution in [0.3, 0.4) is 0 Å². The molecular weight excluding hydrogens is 214 g/mol. The van der Waals surface area contributed by atoms with Crippen molar-refractivity contribution in [3.8, 4) is 5.75 Å². The third-order valence-corrected chi connectivity index (χ3v) is 2.23. The molecule has 0 radical (unpaired) electrons.